The molecule has 1 aliphatic heterocycles. The molecule has 1 fully saturated rings. The summed E-state index contributed by atoms with van der Waals surface area (Å²) in [5.74, 6) is 1.77. The van der Waals surface area contributed by atoms with Gasteiger partial charge < -0.3 is 14.2 Å². The number of rotatable bonds is 4. The van der Waals surface area contributed by atoms with Gasteiger partial charge in [0, 0.05) is 32.4 Å². The van der Waals surface area contributed by atoms with Crippen LogP contribution < -0.4 is 9.80 Å². The minimum Gasteiger partial charge on any atom is -0.461 e. The maximum atomic E-state index is 14.2. The highest BCUT2D eigenvalue weighted by atomic mass is 19.1. The molecule has 5 aromatic rings. The molecule has 0 saturated carbocycles. The van der Waals surface area contributed by atoms with Crippen molar-refractivity contribution in [3.63, 3.8) is 0 Å². The summed E-state index contributed by atoms with van der Waals surface area (Å²) in [7, 11) is 0. The first-order chi connectivity index (χ1) is 16.7. The van der Waals surface area contributed by atoms with Crippen molar-refractivity contribution in [1.82, 2.24) is 34.8 Å². The van der Waals surface area contributed by atoms with Crippen molar-refractivity contribution in [2.45, 2.75) is 6.92 Å². The molecule has 10 nitrogen and oxygen atoms in total. The third kappa shape index (κ3) is 3.51. The molecule has 0 radical (unpaired) electrons. The molecule has 0 unspecified atom stereocenters. The molecule has 0 spiro atoms. The topological polar surface area (TPSA) is 101 Å². The van der Waals surface area contributed by atoms with Crippen LogP contribution in [0.5, 0.6) is 0 Å². The second kappa shape index (κ2) is 8.18. The molecule has 34 heavy (non-hydrogen) atoms. The first kappa shape index (κ1) is 20.2. The molecular weight excluding hydrogens is 437 g/mol. The lowest BCUT2D eigenvalue weighted by Gasteiger charge is -2.36. The number of fused-ring (bicyclic) bond motifs is 1. The summed E-state index contributed by atoms with van der Waals surface area (Å²) in [6.07, 6.45) is 3.28. The van der Waals surface area contributed by atoms with E-state index in [9.17, 15) is 4.39 Å². The number of furan rings is 1. The van der Waals surface area contributed by atoms with E-state index in [-0.39, 0.29) is 5.82 Å². The highest BCUT2D eigenvalue weighted by molar-refractivity contribution is 5.60. The van der Waals surface area contributed by atoms with E-state index in [0.717, 1.165) is 5.69 Å². The van der Waals surface area contributed by atoms with E-state index in [4.69, 9.17) is 9.40 Å². The third-order valence-corrected chi connectivity index (χ3v) is 5.87. The average molecular weight is 457 g/mol. The van der Waals surface area contributed by atoms with Gasteiger partial charge in [-0.1, -0.05) is 12.1 Å². The van der Waals surface area contributed by atoms with E-state index in [2.05, 4.69) is 30.2 Å². The first-order valence-corrected chi connectivity index (χ1v) is 10.9. The summed E-state index contributed by atoms with van der Waals surface area (Å²) in [4.78, 5) is 17.7. The quantitative estimate of drug-likeness (QED) is 0.403. The van der Waals surface area contributed by atoms with Gasteiger partial charge in [0.05, 0.1) is 23.3 Å². The van der Waals surface area contributed by atoms with E-state index >= 15 is 0 Å². The molecule has 5 heterocycles. The number of para-hydroxylation sites is 1. The Hall–Kier alpha value is -4.41. The molecule has 11 heteroatoms. The van der Waals surface area contributed by atoms with Gasteiger partial charge in [-0.15, -0.1) is 15.3 Å². The van der Waals surface area contributed by atoms with Gasteiger partial charge in [-0.2, -0.15) is 9.50 Å². The van der Waals surface area contributed by atoms with Gasteiger partial charge in [-0.25, -0.2) is 14.4 Å². The fourth-order valence-electron chi connectivity index (χ4n) is 4.10. The van der Waals surface area contributed by atoms with E-state index in [1.165, 1.54) is 6.07 Å². The van der Waals surface area contributed by atoms with E-state index in [1.807, 2.05) is 17.9 Å². The van der Waals surface area contributed by atoms with E-state index in [1.54, 1.807) is 47.3 Å². The summed E-state index contributed by atoms with van der Waals surface area (Å²) < 4.78 is 21.2. The van der Waals surface area contributed by atoms with Gasteiger partial charge in [0.25, 0.3) is 5.78 Å². The van der Waals surface area contributed by atoms with Crippen LogP contribution in [0.25, 0.3) is 28.8 Å². The molecule has 0 N–H and O–H groups in total. The summed E-state index contributed by atoms with van der Waals surface area (Å²) in [6, 6.07) is 12.2. The molecular formula is C23H20FN9O. The molecule has 1 saturated heterocycles. The molecule has 0 bridgehead atoms. The van der Waals surface area contributed by atoms with Crippen LogP contribution >= 0.6 is 0 Å². The lowest BCUT2D eigenvalue weighted by Crippen LogP contribution is -2.47. The van der Waals surface area contributed by atoms with Gasteiger partial charge in [-0.05, 0) is 37.3 Å². The number of hydrogen-bond donors (Lipinski definition) is 0. The van der Waals surface area contributed by atoms with Crippen LogP contribution in [0.4, 0.5) is 16.0 Å². The van der Waals surface area contributed by atoms with Gasteiger partial charge in [0.1, 0.15) is 11.5 Å². The summed E-state index contributed by atoms with van der Waals surface area (Å²) in [5.41, 5.74) is 2.61. The standard InChI is InChI=1S/C23H20FN9O/c1-15-20(28-29-23-27-21(30-33(15)23)19-7-4-14-34-19)17-8-9-25-22(26-17)32-12-10-31(11-13-32)18-6-3-2-5-16(18)24/h2-9,14H,10-13H2,1H3. The van der Waals surface area contributed by atoms with Crippen molar-refractivity contribution < 1.29 is 8.81 Å². The normalized spacial score (nSPS) is 14.2. The molecule has 170 valence electrons. The second-order valence-corrected chi connectivity index (χ2v) is 7.93. The zero-order valence-corrected chi connectivity index (χ0v) is 18.3. The zero-order valence-electron chi connectivity index (χ0n) is 18.3. The van der Waals surface area contributed by atoms with Crippen LogP contribution in [-0.4, -0.2) is 60.9 Å². The third-order valence-electron chi connectivity index (χ3n) is 5.87. The Bertz CT molecular complexity index is 1460. The average Bonchev–Trinajstić information content (AvgIpc) is 3.55. The Morgan fingerprint density at radius 2 is 1.74 bits per heavy atom. The second-order valence-electron chi connectivity index (χ2n) is 7.93. The first-order valence-electron chi connectivity index (χ1n) is 10.9. The smallest absolute Gasteiger partial charge is 0.272 e. The monoisotopic (exact) mass is 457 g/mol. The number of piperazine rings is 1. The van der Waals surface area contributed by atoms with Crippen molar-refractivity contribution >= 4 is 17.4 Å². The number of aryl methyl sites for hydroxylation is 1. The van der Waals surface area contributed by atoms with Crippen molar-refractivity contribution in [2.75, 3.05) is 36.0 Å². The largest absolute Gasteiger partial charge is 0.461 e. The van der Waals surface area contributed by atoms with Crippen LogP contribution in [0.2, 0.25) is 0 Å². The van der Waals surface area contributed by atoms with Crippen LogP contribution in [0.15, 0.2) is 59.3 Å². The highest BCUT2D eigenvalue weighted by Gasteiger charge is 2.22. The summed E-state index contributed by atoms with van der Waals surface area (Å²) in [5, 5.41) is 13.1. The Morgan fingerprint density at radius 3 is 2.53 bits per heavy atom. The van der Waals surface area contributed by atoms with Crippen LogP contribution in [0.3, 0.4) is 0 Å². The Morgan fingerprint density at radius 1 is 0.912 bits per heavy atom. The fraction of sp³-hybridized carbons (Fsp3) is 0.217. The fourth-order valence-corrected chi connectivity index (χ4v) is 4.10. The van der Waals surface area contributed by atoms with Crippen molar-refractivity contribution in [1.29, 1.82) is 0 Å². The van der Waals surface area contributed by atoms with Crippen LogP contribution in [-0.2, 0) is 0 Å². The molecule has 1 aliphatic rings. The summed E-state index contributed by atoms with van der Waals surface area (Å²) in [6.45, 7) is 4.60. The van der Waals surface area contributed by atoms with Crippen molar-refractivity contribution in [2.24, 2.45) is 0 Å². The van der Waals surface area contributed by atoms with Crippen LogP contribution in [0.1, 0.15) is 5.69 Å². The van der Waals surface area contributed by atoms with Gasteiger partial charge in [0.2, 0.25) is 11.8 Å². The number of halogens is 1. The lowest BCUT2D eigenvalue weighted by atomic mass is 10.2. The number of nitrogens with zero attached hydrogens (tertiary/aromatic N) is 9. The highest BCUT2D eigenvalue weighted by Crippen LogP contribution is 2.24. The Labute approximate surface area is 193 Å². The zero-order chi connectivity index (χ0) is 23.1. The number of hydrogen-bond acceptors (Lipinski definition) is 9. The molecule has 0 atom stereocenters. The SMILES string of the molecule is Cc1c(-c2ccnc(N3CCN(c4ccccc4F)CC3)n2)nnc2nc(-c3ccco3)nn12. The molecule has 0 amide bonds. The molecule has 6 rings (SSSR count). The maximum Gasteiger partial charge on any atom is 0.272 e. The van der Waals surface area contributed by atoms with Crippen molar-refractivity contribution in [3.05, 3.63) is 66.4 Å². The Kier molecular flexibility index (Phi) is 4.86. The minimum atomic E-state index is -0.207. The molecule has 1 aromatic carbocycles. The van der Waals surface area contributed by atoms with Gasteiger partial charge in [-0.3, -0.25) is 0 Å². The van der Waals surface area contributed by atoms with E-state index in [0.29, 0.717) is 66.6 Å². The summed E-state index contributed by atoms with van der Waals surface area (Å²) >= 11 is 0. The number of benzene rings is 1. The Balaban J connectivity index is 1.26. The number of aromatic nitrogens is 7. The minimum absolute atomic E-state index is 0.207. The van der Waals surface area contributed by atoms with Gasteiger partial charge in [0.15, 0.2) is 5.76 Å². The number of anilines is 2. The van der Waals surface area contributed by atoms with E-state index < -0.39 is 0 Å². The van der Waals surface area contributed by atoms with Gasteiger partial charge >= 0.3 is 0 Å². The molecule has 4 aromatic heterocycles. The van der Waals surface area contributed by atoms with Crippen molar-refractivity contribution in [3.8, 4) is 23.0 Å². The maximum absolute atomic E-state index is 14.2. The lowest BCUT2D eigenvalue weighted by molar-refractivity contribution is 0.577. The molecule has 0 aliphatic carbocycles. The predicted molar refractivity (Wildman–Crippen MR) is 123 cm³/mol. The predicted octanol–water partition coefficient (Wildman–Crippen LogP) is 3.01. The van der Waals surface area contributed by atoms with Crippen LogP contribution in [0, 0.1) is 12.7 Å².